The maximum atomic E-state index is 12.8. The van der Waals surface area contributed by atoms with E-state index in [2.05, 4.69) is 20.3 Å². The molecule has 31 heavy (non-hydrogen) atoms. The fourth-order valence-electron chi connectivity index (χ4n) is 3.30. The smallest absolute Gasteiger partial charge is 0.260 e. The minimum atomic E-state index is -0.224. The summed E-state index contributed by atoms with van der Waals surface area (Å²) in [6.45, 7) is 2.31. The molecule has 0 unspecified atom stereocenters. The predicted molar refractivity (Wildman–Crippen MR) is 125 cm³/mol. The number of nitrogens with zero attached hydrogens (tertiary/aromatic N) is 3. The van der Waals surface area contributed by atoms with E-state index in [1.165, 1.54) is 11.3 Å². The van der Waals surface area contributed by atoms with Gasteiger partial charge in [0.2, 0.25) is 5.91 Å². The van der Waals surface area contributed by atoms with Gasteiger partial charge in [-0.05, 0) is 32.2 Å². The summed E-state index contributed by atoms with van der Waals surface area (Å²) in [4.78, 5) is 39.2. The summed E-state index contributed by atoms with van der Waals surface area (Å²) in [6, 6.07) is 12.8. The van der Waals surface area contributed by atoms with E-state index in [0.29, 0.717) is 33.4 Å². The molecule has 4 rings (SSSR count). The quantitative estimate of drug-likeness (QED) is 0.459. The van der Waals surface area contributed by atoms with Gasteiger partial charge in [-0.2, -0.15) is 0 Å². The Balaban J connectivity index is 1.49. The third kappa shape index (κ3) is 4.82. The second kappa shape index (κ2) is 8.97. The number of aryl methyl sites for hydroxylation is 1. The molecule has 0 aliphatic heterocycles. The van der Waals surface area contributed by atoms with Crippen LogP contribution in [0.1, 0.15) is 11.5 Å². The van der Waals surface area contributed by atoms with Crippen molar-refractivity contribution in [1.82, 2.24) is 19.9 Å². The van der Waals surface area contributed by atoms with Gasteiger partial charge in [0, 0.05) is 27.2 Å². The minimum Gasteiger partial charge on any atom is -0.310 e. The number of thiophene rings is 1. The van der Waals surface area contributed by atoms with E-state index in [1.807, 2.05) is 42.6 Å². The first-order valence-electron chi connectivity index (χ1n) is 9.58. The zero-order valence-electron chi connectivity index (χ0n) is 17.0. The van der Waals surface area contributed by atoms with E-state index >= 15 is 0 Å². The lowest BCUT2D eigenvalue weighted by atomic mass is 10.1. The molecule has 0 bridgehead atoms. The Labute approximate surface area is 187 Å². The molecular formula is C22H20ClN5O2S. The fraction of sp³-hybridized carbons (Fsp3) is 0.182. The van der Waals surface area contributed by atoms with Gasteiger partial charge in [0.25, 0.3) is 5.56 Å². The van der Waals surface area contributed by atoms with E-state index in [4.69, 9.17) is 11.6 Å². The van der Waals surface area contributed by atoms with Crippen molar-refractivity contribution in [2.24, 2.45) is 0 Å². The Bertz CT molecular complexity index is 1320. The third-order valence-corrected chi connectivity index (χ3v) is 5.85. The zero-order chi connectivity index (χ0) is 22.0. The summed E-state index contributed by atoms with van der Waals surface area (Å²) in [5.41, 5.74) is 2.17. The van der Waals surface area contributed by atoms with Gasteiger partial charge in [0.1, 0.15) is 16.5 Å². The maximum absolute atomic E-state index is 12.8. The molecule has 1 aromatic carbocycles. The molecular weight excluding hydrogens is 434 g/mol. The number of rotatable bonds is 6. The molecule has 3 heterocycles. The number of nitrogens with one attached hydrogen (secondary N) is 2. The normalized spacial score (nSPS) is 11.2. The second-order valence-corrected chi connectivity index (χ2v) is 8.47. The molecule has 0 atom stereocenters. The van der Waals surface area contributed by atoms with Gasteiger partial charge in [0.05, 0.1) is 18.5 Å². The first-order chi connectivity index (χ1) is 14.9. The number of hydrogen-bond donors (Lipinski definition) is 2. The summed E-state index contributed by atoms with van der Waals surface area (Å²) in [6.07, 6.45) is 0. The molecule has 1 amide bonds. The van der Waals surface area contributed by atoms with E-state index < -0.39 is 0 Å². The number of halogens is 1. The van der Waals surface area contributed by atoms with Gasteiger partial charge >= 0.3 is 0 Å². The SMILES string of the molecule is Cc1cccc(NC(=O)CN(C)Cc2nc3scc(-c4ccccc4Cl)c3c(=O)[nH]2)n1. The largest absolute Gasteiger partial charge is 0.310 e. The van der Waals surface area contributed by atoms with Gasteiger partial charge in [-0.3, -0.25) is 14.5 Å². The monoisotopic (exact) mass is 453 g/mol. The summed E-state index contributed by atoms with van der Waals surface area (Å²) < 4.78 is 0. The Kier molecular flexibility index (Phi) is 6.13. The van der Waals surface area contributed by atoms with Crippen molar-refractivity contribution in [2.75, 3.05) is 18.9 Å². The highest BCUT2D eigenvalue weighted by molar-refractivity contribution is 7.17. The van der Waals surface area contributed by atoms with Crippen LogP contribution in [0, 0.1) is 6.92 Å². The van der Waals surface area contributed by atoms with Crippen molar-refractivity contribution in [2.45, 2.75) is 13.5 Å². The Morgan fingerprint density at radius 2 is 1.97 bits per heavy atom. The van der Waals surface area contributed by atoms with Crippen molar-refractivity contribution in [3.8, 4) is 11.1 Å². The number of fused-ring (bicyclic) bond motifs is 1. The number of amides is 1. The molecule has 0 spiro atoms. The number of aromatic amines is 1. The molecule has 0 saturated carbocycles. The number of benzene rings is 1. The van der Waals surface area contributed by atoms with Crippen LogP contribution in [0.5, 0.6) is 0 Å². The molecule has 7 nitrogen and oxygen atoms in total. The average Bonchev–Trinajstić information content (AvgIpc) is 3.12. The maximum Gasteiger partial charge on any atom is 0.260 e. The van der Waals surface area contributed by atoms with Crippen LogP contribution in [-0.2, 0) is 11.3 Å². The lowest BCUT2D eigenvalue weighted by Crippen LogP contribution is -2.31. The number of anilines is 1. The number of carbonyl (C=O) groups is 1. The number of likely N-dealkylation sites (N-methyl/N-ethyl adjacent to an activating group) is 1. The summed E-state index contributed by atoms with van der Waals surface area (Å²) in [5, 5.41) is 5.77. The van der Waals surface area contributed by atoms with Crippen molar-refractivity contribution < 1.29 is 4.79 Å². The van der Waals surface area contributed by atoms with Crippen LogP contribution in [0.3, 0.4) is 0 Å². The van der Waals surface area contributed by atoms with E-state index in [0.717, 1.165) is 16.8 Å². The Hall–Kier alpha value is -3.07. The number of H-pyrrole nitrogens is 1. The molecule has 0 aliphatic carbocycles. The lowest BCUT2D eigenvalue weighted by molar-refractivity contribution is -0.117. The fourth-order valence-corrected chi connectivity index (χ4v) is 4.49. The molecule has 0 radical (unpaired) electrons. The third-order valence-electron chi connectivity index (χ3n) is 4.65. The average molecular weight is 454 g/mol. The Morgan fingerprint density at radius 1 is 1.16 bits per heavy atom. The van der Waals surface area contributed by atoms with E-state index in [-0.39, 0.29) is 18.0 Å². The topological polar surface area (TPSA) is 91.0 Å². The van der Waals surface area contributed by atoms with Crippen molar-refractivity contribution in [3.63, 3.8) is 0 Å². The number of carbonyl (C=O) groups excluding carboxylic acids is 1. The minimum absolute atomic E-state index is 0.132. The molecule has 2 N–H and O–H groups in total. The highest BCUT2D eigenvalue weighted by Gasteiger charge is 2.16. The van der Waals surface area contributed by atoms with Gasteiger partial charge in [-0.25, -0.2) is 9.97 Å². The van der Waals surface area contributed by atoms with Gasteiger partial charge in [0.15, 0.2) is 0 Å². The summed E-state index contributed by atoms with van der Waals surface area (Å²) >= 11 is 7.70. The first kappa shape index (κ1) is 21.2. The molecule has 3 aromatic heterocycles. The highest BCUT2D eigenvalue weighted by Crippen LogP contribution is 2.34. The van der Waals surface area contributed by atoms with Crippen LogP contribution in [0.25, 0.3) is 21.3 Å². The van der Waals surface area contributed by atoms with E-state index in [1.54, 1.807) is 24.1 Å². The van der Waals surface area contributed by atoms with Gasteiger partial charge in [-0.1, -0.05) is 35.9 Å². The van der Waals surface area contributed by atoms with Crippen LogP contribution in [0.2, 0.25) is 5.02 Å². The second-order valence-electron chi connectivity index (χ2n) is 7.21. The molecule has 0 aliphatic rings. The van der Waals surface area contributed by atoms with Gasteiger partial charge < -0.3 is 10.3 Å². The standard InChI is InChI=1S/C22H20ClN5O2S/c1-13-6-5-9-17(24-13)25-19(29)11-28(2)10-18-26-21(30)20-15(12-31-22(20)27-18)14-7-3-4-8-16(14)23/h3-9,12H,10-11H2,1-2H3,(H,24,25,29)(H,26,27,30). The van der Waals surface area contributed by atoms with Crippen LogP contribution in [-0.4, -0.2) is 39.4 Å². The zero-order valence-corrected chi connectivity index (χ0v) is 18.5. The van der Waals surface area contributed by atoms with Gasteiger partial charge in [-0.15, -0.1) is 11.3 Å². The van der Waals surface area contributed by atoms with Crippen LogP contribution < -0.4 is 10.9 Å². The predicted octanol–water partition coefficient (Wildman–Crippen LogP) is 4.08. The molecule has 158 valence electrons. The van der Waals surface area contributed by atoms with Crippen molar-refractivity contribution in [1.29, 1.82) is 0 Å². The van der Waals surface area contributed by atoms with Crippen molar-refractivity contribution >= 4 is 44.9 Å². The summed E-state index contributed by atoms with van der Waals surface area (Å²) in [5.74, 6) is 0.812. The van der Waals surface area contributed by atoms with Crippen LogP contribution in [0.15, 0.2) is 52.6 Å². The molecule has 9 heteroatoms. The Morgan fingerprint density at radius 3 is 2.74 bits per heavy atom. The lowest BCUT2D eigenvalue weighted by Gasteiger charge is -2.15. The number of hydrogen-bond acceptors (Lipinski definition) is 6. The van der Waals surface area contributed by atoms with Crippen LogP contribution >= 0.6 is 22.9 Å². The highest BCUT2D eigenvalue weighted by atomic mass is 35.5. The number of aromatic nitrogens is 3. The molecule has 0 saturated heterocycles. The molecule has 0 fully saturated rings. The summed E-state index contributed by atoms with van der Waals surface area (Å²) in [7, 11) is 1.79. The first-order valence-corrected chi connectivity index (χ1v) is 10.8. The number of pyridine rings is 1. The van der Waals surface area contributed by atoms with E-state index in [9.17, 15) is 9.59 Å². The molecule has 4 aromatic rings. The van der Waals surface area contributed by atoms with Crippen LogP contribution in [0.4, 0.5) is 5.82 Å². The van der Waals surface area contributed by atoms with Crippen molar-refractivity contribution in [3.05, 3.63) is 74.7 Å².